The molecule has 6 heteroatoms. The molecule has 408 valence electrons. The van der Waals surface area contributed by atoms with Crippen molar-refractivity contribution in [2.75, 3.05) is 14.6 Å². The summed E-state index contributed by atoms with van der Waals surface area (Å²) in [7, 11) is 0. The minimum atomic E-state index is -0.236. The molecule has 0 N–H and O–H groups in total. The first-order chi connectivity index (χ1) is 40.5. The summed E-state index contributed by atoms with van der Waals surface area (Å²) in [5, 5.41) is 4.66. The van der Waals surface area contributed by atoms with Gasteiger partial charge in [-0.15, -0.1) is 11.3 Å². The fourth-order valence-corrected chi connectivity index (χ4v) is 14.3. The predicted molar refractivity (Wildman–Crippen MR) is 362 cm³/mol. The van der Waals surface area contributed by atoms with Gasteiger partial charge < -0.3 is 19.0 Å². The van der Waals surface area contributed by atoms with E-state index in [-0.39, 0.29) is 23.1 Å². The normalized spacial score (nSPS) is 13.2. The molecule has 0 fully saturated rings. The van der Waals surface area contributed by atoms with Crippen molar-refractivity contribution in [1.82, 2.24) is 0 Å². The highest BCUT2D eigenvalue weighted by Gasteiger charge is 2.47. The SMILES string of the molecule is CC(C)(C)c1ccc(N2B3c4cc(-c5ccccc5)ccc4N(c4ccc(-c5ccccc5)cc4)c4cc5c(oc6ccccc65)c(c43)-c3cc4c(cc32)sc2ccc(N(c3ccc(C(C)(C)C)cc3)c3ccc(C(C)(C)C)cc3)cc24)cc1. The Morgan fingerprint density at radius 1 is 0.393 bits per heavy atom. The van der Waals surface area contributed by atoms with Crippen LogP contribution in [0.5, 0.6) is 0 Å². The number of furan rings is 1. The van der Waals surface area contributed by atoms with Gasteiger partial charge in [0.1, 0.15) is 11.2 Å². The minimum Gasteiger partial charge on any atom is -0.455 e. The van der Waals surface area contributed by atoms with Crippen LogP contribution < -0.4 is 25.5 Å². The number of hydrogen-bond donors (Lipinski definition) is 0. The maximum atomic E-state index is 7.31. The van der Waals surface area contributed by atoms with Crippen LogP contribution in [0.4, 0.5) is 45.5 Å². The van der Waals surface area contributed by atoms with Crippen molar-refractivity contribution in [2.45, 2.75) is 78.6 Å². The third kappa shape index (κ3) is 8.56. The molecule has 4 nitrogen and oxygen atoms in total. The lowest BCUT2D eigenvalue weighted by molar-refractivity contribution is 0.590. The van der Waals surface area contributed by atoms with E-state index in [9.17, 15) is 0 Å². The Morgan fingerprint density at radius 2 is 0.917 bits per heavy atom. The molecule has 11 aromatic carbocycles. The number of benzene rings is 11. The first-order valence-electron chi connectivity index (χ1n) is 29.6. The van der Waals surface area contributed by atoms with Gasteiger partial charge in [0.05, 0.1) is 0 Å². The number of rotatable bonds is 7. The topological polar surface area (TPSA) is 22.9 Å². The lowest BCUT2D eigenvalue weighted by Crippen LogP contribution is -2.61. The van der Waals surface area contributed by atoms with Crippen LogP contribution in [0.1, 0.15) is 79.0 Å². The van der Waals surface area contributed by atoms with Crippen molar-refractivity contribution >= 4 is 117 Å². The molecule has 0 amide bonds. The monoisotopic (exact) mass is 1100 g/mol. The Labute approximate surface area is 498 Å². The first kappa shape index (κ1) is 51.8. The van der Waals surface area contributed by atoms with E-state index in [1.807, 2.05) is 11.3 Å². The fourth-order valence-electron chi connectivity index (χ4n) is 13.2. The molecule has 0 radical (unpaired) electrons. The fraction of sp³-hybridized carbons (Fsp3) is 0.154. The van der Waals surface area contributed by atoms with Crippen LogP contribution in [0.25, 0.3) is 75.5 Å². The molecule has 0 atom stereocenters. The average Bonchev–Trinajstić information content (AvgIpc) is 1.23. The number of para-hydroxylation sites is 1. The third-order valence-electron chi connectivity index (χ3n) is 17.7. The van der Waals surface area contributed by atoms with Crippen molar-refractivity contribution in [1.29, 1.82) is 0 Å². The molecular formula is C78H66BN3OS. The summed E-state index contributed by atoms with van der Waals surface area (Å²) in [4.78, 5) is 7.62. The first-order valence-corrected chi connectivity index (χ1v) is 30.4. The van der Waals surface area contributed by atoms with Crippen LogP contribution in [0, 0.1) is 0 Å². The molecule has 0 aliphatic carbocycles. The molecule has 15 rings (SSSR count). The van der Waals surface area contributed by atoms with E-state index in [0.29, 0.717) is 0 Å². The maximum Gasteiger partial charge on any atom is 0.333 e. The van der Waals surface area contributed by atoms with Crippen LogP contribution in [-0.2, 0) is 16.2 Å². The van der Waals surface area contributed by atoms with Gasteiger partial charge in [-0.3, -0.25) is 0 Å². The highest BCUT2D eigenvalue weighted by molar-refractivity contribution is 7.25. The Bertz CT molecular complexity index is 4640. The molecule has 2 aromatic heterocycles. The molecule has 13 aromatic rings. The zero-order valence-corrected chi connectivity index (χ0v) is 50.1. The predicted octanol–water partition coefficient (Wildman–Crippen LogP) is 21.4. The van der Waals surface area contributed by atoms with Gasteiger partial charge in [0.25, 0.3) is 0 Å². The van der Waals surface area contributed by atoms with Crippen LogP contribution in [-0.4, -0.2) is 6.85 Å². The average molecular weight is 1100 g/mol. The Hall–Kier alpha value is -9.10. The molecule has 2 aliphatic rings. The van der Waals surface area contributed by atoms with Crippen molar-refractivity contribution in [2.24, 2.45) is 0 Å². The zero-order valence-electron chi connectivity index (χ0n) is 49.3. The van der Waals surface area contributed by atoms with Crippen molar-refractivity contribution in [3.63, 3.8) is 0 Å². The van der Waals surface area contributed by atoms with E-state index in [1.54, 1.807) is 0 Å². The van der Waals surface area contributed by atoms with Crippen LogP contribution >= 0.6 is 11.3 Å². The highest BCUT2D eigenvalue weighted by Crippen LogP contribution is 2.54. The number of hydrogen-bond acceptors (Lipinski definition) is 5. The quantitative estimate of drug-likeness (QED) is 0.148. The standard InChI is InChI=1S/C78H66BN3OS/c1-76(2,3)53-27-35-56(36-28-53)80(57-37-29-54(30-38-57)77(4,5)6)60-41-43-71-62(45-60)63-46-65-68(48-72(63)84-71)82(59-39-31-55(32-40-59)78(7,8)9)79-66-44-52(50-20-14-11-15-21-50)26-42-67(66)81(58-33-24-51(25-34-58)49-18-12-10-13-19-49)69-47-64-61-22-16-17-23-70(61)83-75(64)73(65)74(69)79/h10-48H,1-9H3. The Balaban J connectivity index is 1.02. The van der Waals surface area contributed by atoms with Gasteiger partial charge >= 0.3 is 6.85 Å². The number of anilines is 8. The molecule has 84 heavy (non-hydrogen) atoms. The molecule has 0 bridgehead atoms. The number of fused-ring (bicyclic) bond motifs is 11. The van der Waals surface area contributed by atoms with Crippen LogP contribution in [0.15, 0.2) is 241 Å². The summed E-state index contributed by atoms with van der Waals surface area (Å²) in [5.41, 5.74) is 24.3. The summed E-state index contributed by atoms with van der Waals surface area (Å²) < 4.78 is 9.79. The number of nitrogens with zero attached hydrogens (tertiary/aromatic N) is 3. The smallest absolute Gasteiger partial charge is 0.333 e. The van der Waals surface area contributed by atoms with Gasteiger partial charge in [-0.25, -0.2) is 0 Å². The zero-order chi connectivity index (χ0) is 57.4. The van der Waals surface area contributed by atoms with Gasteiger partial charge in [-0.1, -0.05) is 202 Å². The van der Waals surface area contributed by atoms with Gasteiger partial charge in [0.2, 0.25) is 0 Å². The maximum absolute atomic E-state index is 7.31. The largest absolute Gasteiger partial charge is 0.455 e. The third-order valence-corrected chi connectivity index (χ3v) is 18.8. The molecule has 0 saturated carbocycles. The second-order valence-electron chi connectivity index (χ2n) is 26.2. The van der Waals surface area contributed by atoms with E-state index >= 15 is 0 Å². The summed E-state index contributed by atoms with van der Waals surface area (Å²) >= 11 is 1.88. The van der Waals surface area contributed by atoms with Gasteiger partial charge in [-0.05, 0) is 163 Å². The van der Waals surface area contributed by atoms with E-state index in [4.69, 9.17) is 4.42 Å². The molecule has 0 unspecified atom stereocenters. The summed E-state index contributed by atoms with van der Waals surface area (Å²) in [6, 6.07) is 88.8. The molecule has 0 spiro atoms. The van der Waals surface area contributed by atoms with E-state index in [0.717, 1.165) is 78.6 Å². The summed E-state index contributed by atoms with van der Waals surface area (Å²) in [6.07, 6.45) is 0. The van der Waals surface area contributed by atoms with E-state index in [1.165, 1.54) is 70.0 Å². The van der Waals surface area contributed by atoms with Crippen molar-refractivity contribution in [3.05, 3.63) is 253 Å². The molecule has 2 aliphatic heterocycles. The van der Waals surface area contributed by atoms with Crippen molar-refractivity contribution in [3.8, 4) is 33.4 Å². The Morgan fingerprint density at radius 3 is 1.54 bits per heavy atom. The Kier molecular flexibility index (Phi) is 11.9. The van der Waals surface area contributed by atoms with Crippen LogP contribution in [0.3, 0.4) is 0 Å². The molecule has 4 heterocycles. The van der Waals surface area contributed by atoms with Gasteiger partial charge in [0, 0.05) is 87.6 Å². The van der Waals surface area contributed by atoms with Crippen LogP contribution in [0.2, 0.25) is 0 Å². The molecule has 0 saturated heterocycles. The highest BCUT2D eigenvalue weighted by atomic mass is 32.1. The lowest BCUT2D eigenvalue weighted by atomic mass is 9.43. The second kappa shape index (κ2) is 19.2. The summed E-state index contributed by atoms with van der Waals surface area (Å²) in [6.45, 7) is 20.4. The lowest BCUT2D eigenvalue weighted by Gasteiger charge is -2.46. The molecular weight excluding hydrogens is 1040 g/mol. The summed E-state index contributed by atoms with van der Waals surface area (Å²) in [5.74, 6) is 0. The van der Waals surface area contributed by atoms with Crippen molar-refractivity contribution < 1.29 is 4.42 Å². The second-order valence-corrected chi connectivity index (χ2v) is 27.3. The van der Waals surface area contributed by atoms with E-state index < -0.39 is 0 Å². The number of thiophene rings is 1. The van der Waals surface area contributed by atoms with Gasteiger partial charge in [-0.2, -0.15) is 0 Å². The minimum absolute atomic E-state index is 0.0208. The van der Waals surface area contributed by atoms with E-state index in [2.05, 4.69) is 314 Å². The van der Waals surface area contributed by atoms with Gasteiger partial charge in [0.15, 0.2) is 0 Å².